The van der Waals surface area contributed by atoms with E-state index in [1.807, 2.05) is 0 Å². The largest absolute Gasteiger partial charge is 0.290 e. The second kappa shape index (κ2) is 6.00. The van der Waals surface area contributed by atoms with Gasteiger partial charge in [0.1, 0.15) is 0 Å². The molecule has 0 N–H and O–H groups in total. The van der Waals surface area contributed by atoms with Crippen molar-refractivity contribution in [3.63, 3.8) is 0 Å². The van der Waals surface area contributed by atoms with Gasteiger partial charge in [0.15, 0.2) is 0 Å². The van der Waals surface area contributed by atoms with Crippen LogP contribution >= 0.6 is 0 Å². The van der Waals surface area contributed by atoms with E-state index in [9.17, 15) is 0 Å². The van der Waals surface area contributed by atoms with Crippen molar-refractivity contribution >= 4 is 0 Å². The van der Waals surface area contributed by atoms with E-state index in [0.717, 1.165) is 26.2 Å². The molecule has 0 bridgehead atoms. The SMILES string of the molecule is c1ccc(C(c2ccccc2)N2CC[N]CC2)cc1. The second-order valence-corrected chi connectivity index (χ2v) is 4.93. The van der Waals surface area contributed by atoms with E-state index < -0.39 is 0 Å². The molecule has 0 unspecified atom stereocenters. The van der Waals surface area contributed by atoms with Gasteiger partial charge in [-0.3, -0.25) is 4.90 Å². The van der Waals surface area contributed by atoms with Gasteiger partial charge in [0.2, 0.25) is 0 Å². The lowest BCUT2D eigenvalue weighted by Crippen LogP contribution is -2.42. The standard InChI is InChI=1S/C17H19N2/c1-3-7-15(8-4-1)17(16-9-5-2-6-10-16)19-13-11-18-12-14-19/h1-10,17H,11-14H2. The van der Waals surface area contributed by atoms with Gasteiger partial charge in [-0.25, -0.2) is 5.32 Å². The Balaban J connectivity index is 1.96. The van der Waals surface area contributed by atoms with Crippen LogP contribution in [0, 0.1) is 0 Å². The van der Waals surface area contributed by atoms with Crippen LogP contribution in [-0.2, 0) is 0 Å². The average molecular weight is 251 g/mol. The van der Waals surface area contributed by atoms with Gasteiger partial charge in [0.25, 0.3) is 0 Å². The summed E-state index contributed by atoms with van der Waals surface area (Å²) in [7, 11) is 0. The third-order valence-electron chi connectivity index (χ3n) is 3.69. The molecular weight excluding hydrogens is 232 g/mol. The fourth-order valence-corrected chi connectivity index (χ4v) is 2.76. The Bertz CT molecular complexity index is 450. The van der Waals surface area contributed by atoms with Crippen molar-refractivity contribution in [3.8, 4) is 0 Å². The number of nitrogens with zero attached hydrogens (tertiary/aromatic N) is 2. The van der Waals surface area contributed by atoms with Crippen LogP contribution in [-0.4, -0.2) is 31.1 Å². The lowest BCUT2D eigenvalue weighted by molar-refractivity contribution is 0.196. The summed E-state index contributed by atoms with van der Waals surface area (Å²) in [5.74, 6) is 0. The topological polar surface area (TPSA) is 17.3 Å². The van der Waals surface area contributed by atoms with Crippen molar-refractivity contribution in [2.24, 2.45) is 0 Å². The molecule has 0 aliphatic carbocycles. The van der Waals surface area contributed by atoms with E-state index in [0.29, 0.717) is 6.04 Å². The minimum Gasteiger partial charge on any atom is -0.290 e. The van der Waals surface area contributed by atoms with Gasteiger partial charge in [-0.1, -0.05) is 60.7 Å². The van der Waals surface area contributed by atoms with Gasteiger partial charge in [0, 0.05) is 26.2 Å². The molecule has 2 aromatic carbocycles. The highest BCUT2D eigenvalue weighted by atomic mass is 15.2. The zero-order chi connectivity index (χ0) is 12.9. The number of piperazine rings is 1. The summed E-state index contributed by atoms with van der Waals surface area (Å²) in [4.78, 5) is 2.54. The molecule has 0 atom stereocenters. The molecule has 1 saturated heterocycles. The number of benzene rings is 2. The van der Waals surface area contributed by atoms with Crippen molar-refractivity contribution in [3.05, 3.63) is 71.8 Å². The van der Waals surface area contributed by atoms with Crippen molar-refractivity contribution in [1.29, 1.82) is 0 Å². The summed E-state index contributed by atoms with van der Waals surface area (Å²) in [6.45, 7) is 4.01. The molecule has 1 heterocycles. The molecule has 0 aromatic heterocycles. The van der Waals surface area contributed by atoms with Crippen molar-refractivity contribution < 1.29 is 0 Å². The lowest BCUT2D eigenvalue weighted by atomic mass is 9.96. The highest BCUT2D eigenvalue weighted by Gasteiger charge is 2.23. The highest BCUT2D eigenvalue weighted by molar-refractivity contribution is 5.31. The van der Waals surface area contributed by atoms with E-state index in [1.165, 1.54) is 11.1 Å². The van der Waals surface area contributed by atoms with Gasteiger partial charge < -0.3 is 0 Å². The van der Waals surface area contributed by atoms with Crippen LogP contribution in [0.1, 0.15) is 17.2 Å². The smallest absolute Gasteiger partial charge is 0.0602 e. The van der Waals surface area contributed by atoms with Crippen molar-refractivity contribution in [2.45, 2.75) is 6.04 Å². The zero-order valence-corrected chi connectivity index (χ0v) is 11.1. The molecule has 3 rings (SSSR count). The molecule has 0 saturated carbocycles. The number of hydrogen-bond acceptors (Lipinski definition) is 1. The van der Waals surface area contributed by atoms with Crippen LogP contribution in [0.25, 0.3) is 0 Å². The highest BCUT2D eigenvalue weighted by Crippen LogP contribution is 2.28. The summed E-state index contributed by atoms with van der Waals surface area (Å²) in [6.07, 6.45) is 0. The second-order valence-electron chi connectivity index (χ2n) is 4.93. The fourth-order valence-electron chi connectivity index (χ4n) is 2.76. The minimum absolute atomic E-state index is 0.359. The first-order valence-electron chi connectivity index (χ1n) is 6.92. The van der Waals surface area contributed by atoms with E-state index in [-0.39, 0.29) is 0 Å². The molecule has 97 valence electrons. The Labute approximate surface area is 115 Å². The Hall–Kier alpha value is -1.64. The maximum Gasteiger partial charge on any atom is 0.0602 e. The van der Waals surface area contributed by atoms with E-state index in [1.54, 1.807) is 0 Å². The number of rotatable bonds is 3. The first-order chi connectivity index (χ1) is 9.45. The Morgan fingerprint density at radius 2 is 1.21 bits per heavy atom. The lowest BCUT2D eigenvalue weighted by Gasteiger charge is -2.35. The normalized spacial score (nSPS) is 16.7. The summed E-state index contributed by atoms with van der Waals surface area (Å²) < 4.78 is 0. The number of hydrogen-bond donors (Lipinski definition) is 0. The molecule has 1 fully saturated rings. The predicted molar refractivity (Wildman–Crippen MR) is 78.2 cm³/mol. The predicted octanol–water partition coefficient (Wildman–Crippen LogP) is 2.70. The zero-order valence-electron chi connectivity index (χ0n) is 11.1. The van der Waals surface area contributed by atoms with Gasteiger partial charge in [-0.15, -0.1) is 0 Å². The average Bonchev–Trinajstić information content (AvgIpc) is 2.51. The summed E-state index contributed by atoms with van der Waals surface area (Å²) in [5.41, 5.74) is 2.74. The molecule has 2 aromatic rings. The quantitative estimate of drug-likeness (QED) is 0.820. The summed E-state index contributed by atoms with van der Waals surface area (Å²) >= 11 is 0. The van der Waals surface area contributed by atoms with Crippen LogP contribution in [0.4, 0.5) is 0 Å². The van der Waals surface area contributed by atoms with Crippen LogP contribution in [0.15, 0.2) is 60.7 Å². The maximum absolute atomic E-state index is 4.46. The molecule has 19 heavy (non-hydrogen) atoms. The van der Waals surface area contributed by atoms with Gasteiger partial charge in [0.05, 0.1) is 6.04 Å². The van der Waals surface area contributed by atoms with Crippen molar-refractivity contribution in [1.82, 2.24) is 10.2 Å². The minimum atomic E-state index is 0.359. The van der Waals surface area contributed by atoms with E-state index in [4.69, 9.17) is 0 Å². The Morgan fingerprint density at radius 1 is 0.737 bits per heavy atom. The maximum atomic E-state index is 4.46. The molecule has 2 heteroatoms. The van der Waals surface area contributed by atoms with Crippen molar-refractivity contribution in [2.75, 3.05) is 26.2 Å². The van der Waals surface area contributed by atoms with Gasteiger partial charge in [-0.2, -0.15) is 0 Å². The van der Waals surface area contributed by atoms with E-state index >= 15 is 0 Å². The molecule has 1 aliphatic heterocycles. The first kappa shape index (κ1) is 12.4. The van der Waals surface area contributed by atoms with Crippen LogP contribution in [0.3, 0.4) is 0 Å². The van der Waals surface area contributed by atoms with Crippen LogP contribution in [0.5, 0.6) is 0 Å². The Morgan fingerprint density at radius 3 is 1.68 bits per heavy atom. The summed E-state index contributed by atoms with van der Waals surface area (Å²) in [5, 5.41) is 4.46. The molecule has 1 aliphatic rings. The molecular formula is C17H19N2. The van der Waals surface area contributed by atoms with Gasteiger partial charge >= 0.3 is 0 Å². The molecule has 0 amide bonds. The Kier molecular flexibility index (Phi) is 3.92. The molecule has 0 spiro atoms. The molecule has 2 nitrogen and oxygen atoms in total. The summed E-state index contributed by atoms with van der Waals surface area (Å²) in [6, 6.07) is 21.9. The fraction of sp³-hybridized carbons (Fsp3) is 0.294. The van der Waals surface area contributed by atoms with Gasteiger partial charge in [-0.05, 0) is 11.1 Å². The first-order valence-corrected chi connectivity index (χ1v) is 6.92. The van der Waals surface area contributed by atoms with E-state index in [2.05, 4.69) is 70.9 Å². The third-order valence-corrected chi connectivity index (χ3v) is 3.69. The van der Waals surface area contributed by atoms with Crippen LogP contribution in [0.2, 0.25) is 0 Å². The van der Waals surface area contributed by atoms with Crippen LogP contribution < -0.4 is 5.32 Å². The monoisotopic (exact) mass is 251 g/mol. The molecule has 1 radical (unpaired) electrons. The third kappa shape index (κ3) is 2.86.